The molecule has 0 heterocycles. The number of benzene rings is 1. The van der Waals surface area contributed by atoms with Crippen molar-refractivity contribution in [2.75, 3.05) is 0 Å². The average Bonchev–Trinajstić information content (AvgIpc) is 1.85. The normalized spacial score (nSPS) is 8.83. The number of carbonyl (C=O) groups is 1. The van der Waals surface area contributed by atoms with Gasteiger partial charge in [0.05, 0.1) is 11.0 Å². The molecule has 0 N–H and O–H groups in total. The molecule has 0 aliphatic carbocycles. The van der Waals surface area contributed by atoms with Crippen LogP contribution in [0, 0.1) is 5.82 Å². The average molecular weight is 213 g/mol. The first-order chi connectivity index (χ1) is 5.11. The Morgan fingerprint density at radius 3 is 2.50 bits per heavy atom. The van der Waals surface area contributed by atoms with Crippen LogP contribution < -0.4 is 56.5 Å². The standard InChI is InChI=1S/C7H4ClFO2.K/c8-6-3-4(9)1-2-5(6)7(10)11;/h1-3H,(H,10,11);/q;+1/p-1. The van der Waals surface area contributed by atoms with Crippen molar-refractivity contribution in [3.05, 3.63) is 34.6 Å². The first kappa shape index (κ1) is 12.5. The maximum Gasteiger partial charge on any atom is 1.00 e. The number of halogens is 2. The molecule has 5 heteroatoms. The van der Waals surface area contributed by atoms with Crippen molar-refractivity contribution in [1.29, 1.82) is 0 Å². The van der Waals surface area contributed by atoms with Gasteiger partial charge in [-0.2, -0.15) is 0 Å². The summed E-state index contributed by atoms with van der Waals surface area (Å²) in [5.74, 6) is -1.98. The summed E-state index contributed by atoms with van der Waals surface area (Å²) in [7, 11) is 0. The van der Waals surface area contributed by atoms with Crippen molar-refractivity contribution < 1.29 is 65.7 Å². The molecule has 0 saturated heterocycles. The fraction of sp³-hybridized carbons (Fsp3) is 0. The molecule has 0 amide bonds. The summed E-state index contributed by atoms with van der Waals surface area (Å²) in [6.07, 6.45) is 0. The Balaban J connectivity index is 0.00000121. The second-order valence-electron chi connectivity index (χ2n) is 1.91. The van der Waals surface area contributed by atoms with Crippen molar-refractivity contribution >= 4 is 17.6 Å². The topological polar surface area (TPSA) is 40.1 Å². The fourth-order valence-electron chi connectivity index (χ4n) is 0.655. The van der Waals surface area contributed by atoms with Gasteiger partial charge in [-0.15, -0.1) is 0 Å². The second kappa shape index (κ2) is 5.31. The Kier molecular flexibility index (Phi) is 5.56. The van der Waals surface area contributed by atoms with Crippen LogP contribution in [-0.4, -0.2) is 5.97 Å². The predicted octanol–water partition coefficient (Wildman–Crippen LogP) is -2.15. The number of carbonyl (C=O) groups excluding carboxylic acids is 1. The van der Waals surface area contributed by atoms with Gasteiger partial charge in [0.2, 0.25) is 0 Å². The molecule has 2 nitrogen and oxygen atoms in total. The third kappa shape index (κ3) is 3.12. The van der Waals surface area contributed by atoms with E-state index in [0.29, 0.717) is 0 Å². The van der Waals surface area contributed by atoms with E-state index in [1.165, 1.54) is 0 Å². The van der Waals surface area contributed by atoms with Gasteiger partial charge in [0, 0.05) is 5.56 Å². The van der Waals surface area contributed by atoms with Gasteiger partial charge in [-0.1, -0.05) is 11.6 Å². The number of hydrogen-bond donors (Lipinski definition) is 0. The zero-order valence-corrected chi connectivity index (χ0v) is 10.2. The SMILES string of the molecule is O=C([O-])c1ccc(F)cc1Cl.[K+]. The van der Waals surface area contributed by atoms with Crippen LogP contribution in [0.25, 0.3) is 0 Å². The summed E-state index contributed by atoms with van der Waals surface area (Å²) < 4.78 is 12.3. The first-order valence-electron chi connectivity index (χ1n) is 2.77. The molecule has 0 aromatic heterocycles. The molecule has 0 spiro atoms. The number of carboxylic acid groups (broad SMARTS) is 1. The predicted molar refractivity (Wildman–Crippen MR) is 35.7 cm³/mol. The molecule has 1 aromatic rings. The second-order valence-corrected chi connectivity index (χ2v) is 2.32. The van der Waals surface area contributed by atoms with Crippen molar-refractivity contribution in [3.8, 4) is 0 Å². The first-order valence-corrected chi connectivity index (χ1v) is 3.15. The Morgan fingerprint density at radius 1 is 1.50 bits per heavy atom. The molecule has 0 radical (unpaired) electrons. The van der Waals surface area contributed by atoms with Gasteiger partial charge in [0.25, 0.3) is 0 Å². The van der Waals surface area contributed by atoms with Crippen molar-refractivity contribution in [2.24, 2.45) is 0 Å². The molecular formula is C7H3ClFKO2. The van der Waals surface area contributed by atoms with E-state index in [-0.39, 0.29) is 62.0 Å². The Bertz CT molecular complexity index is 303. The van der Waals surface area contributed by atoms with Crippen LogP contribution in [0.4, 0.5) is 4.39 Å². The zero-order chi connectivity index (χ0) is 8.43. The molecule has 12 heavy (non-hydrogen) atoms. The van der Waals surface area contributed by atoms with Crippen LogP contribution >= 0.6 is 11.6 Å². The molecule has 1 aromatic carbocycles. The summed E-state index contributed by atoms with van der Waals surface area (Å²) in [6.45, 7) is 0. The van der Waals surface area contributed by atoms with E-state index in [1.54, 1.807) is 0 Å². The molecule has 0 atom stereocenters. The van der Waals surface area contributed by atoms with Crippen molar-refractivity contribution in [3.63, 3.8) is 0 Å². The Morgan fingerprint density at radius 2 is 2.08 bits per heavy atom. The molecule has 0 fully saturated rings. The quantitative estimate of drug-likeness (QED) is 0.498. The third-order valence-electron chi connectivity index (χ3n) is 1.15. The van der Waals surface area contributed by atoms with E-state index in [2.05, 4.69) is 0 Å². The largest absolute Gasteiger partial charge is 1.00 e. The molecule has 0 unspecified atom stereocenters. The van der Waals surface area contributed by atoms with Crippen molar-refractivity contribution in [1.82, 2.24) is 0 Å². The number of rotatable bonds is 1. The Labute approximate surface area is 116 Å². The summed E-state index contributed by atoms with van der Waals surface area (Å²) in [5, 5.41) is 10.1. The van der Waals surface area contributed by atoms with Gasteiger partial charge in [-0.3, -0.25) is 0 Å². The molecule has 58 valence electrons. The van der Waals surface area contributed by atoms with E-state index in [4.69, 9.17) is 11.6 Å². The van der Waals surface area contributed by atoms with E-state index in [9.17, 15) is 14.3 Å². The molecular weight excluding hydrogens is 210 g/mol. The van der Waals surface area contributed by atoms with E-state index >= 15 is 0 Å². The van der Waals surface area contributed by atoms with Crippen LogP contribution in [0.2, 0.25) is 5.02 Å². The number of carboxylic acids is 1. The molecule has 0 bridgehead atoms. The van der Waals surface area contributed by atoms with Crippen LogP contribution in [0.1, 0.15) is 10.4 Å². The van der Waals surface area contributed by atoms with Crippen LogP contribution in [-0.2, 0) is 0 Å². The minimum Gasteiger partial charge on any atom is -0.545 e. The van der Waals surface area contributed by atoms with Crippen LogP contribution in [0.5, 0.6) is 0 Å². The van der Waals surface area contributed by atoms with Crippen molar-refractivity contribution in [2.45, 2.75) is 0 Å². The van der Waals surface area contributed by atoms with E-state index in [0.717, 1.165) is 18.2 Å². The van der Waals surface area contributed by atoms with Crippen LogP contribution in [0.3, 0.4) is 0 Å². The fourth-order valence-corrected chi connectivity index (χ4v) is 0.899. The van der Waals surface area contributed by atoms with Gasteiger partial charge in [0.1, 0.15) is 5.82 Å². The molecule has 0 saturated carbocycles. The summed E-state index contributed by atoms with van der Waals surface area (Å²) in [6, 6.07) is 3.00. The monoisotopic (exact) mass is 212 g/mol. The minimum atomic E-state index is -1.41. The van der Waals surface area contributed by atoms with Gasteiger partial charge in [0.15, 0.2) is 0 Å². The summed E-state index contributed by atoms with van der Waals surface area (Å²) >= 11 is 5.36. The number of hydrogen-bond acceptors (Lipinski definition) is 2. The number of aromatic carboxylic acids is 1. The smallest absolute Gasteiger partial charge is 0.545 e. The van der Waals surface area contributed by atoms with E-state index in [1.807, 2.05) is 0 Å². The van der Waals surface area contributed by atoms with Gasteiger partial charge in [-0.25, -0.2) is 4.39 Å². The maximum atomic E-state index is 12.3. The third-order valence-corrected chi connectivity index (χ3v) is 1.46. The molecule has 0 aliphatic heterocycles. The summed E-state index contributed by atoms with van der Waals surface area (Å²) in [5.41, 5.74) is -0.201. The molecule has 1 rings (SSSR count). The maximum absolute atomic E-state index is 12.3. The van der Waals surface area contributed by atoms with E-state index < -0.39 is 11.8 Å². The minimum absolute atomic E-state index is 0. The zero-order valence-electron chi connectivity index (χ0n) is 6.30. The van der Waals surface area contributed by atoms with Crippen LogP contribution in [0.15, 0.2) is 18.2 Å². The van der Waals surface area contributed by atoms with Gasteiger partial charge < -0.3 is 9.90 Å². The summed E-state index contributed by atoms with van der Waals surface area (Å²) in [4.78, 5) is 10.2. The molecule has 0 aliphatic rings. The Hall–Kier alpha value is 0.546. The van der Waals surface area contributed by atoms with Gasteiger partial charge in [-0.05, 0) is 18.2 Å². The van der Waals surface area contributed by atoms with Gasteiger partial charge >= 0.3 is 51.4 Å².